The van der Waals surface area contributed by atoms with Crippen LogP contribution in [0.2, 0.25) is 0 Å². The maximum absolute atomic E-state index is 15.7. The number of amides is 9. The van der Waals surface area contributed by atoms with Crippen molar-refractivity contribution >= 4 is 76.2 Å². The molecule has 27 nitrogen and oxygen atoms in total. The summed E-state index contributed by atoms with van der Waals surface area (Å²) in [6, 6.07) is 16.5. The predicted molar refractivity (Wildman–Crippen MR) is 336 cm³/mol. The van der Waals surface area contributed by atoms with Gasteiger partial charge < -0.3 is 60.5 Å². The first-order chi connectivity index (χ1) is 44.9. The molecule has 4 aliphatic rings. The van der Waals surface area contributed by atoms with Crippen LogP contribution in [0.15, 0.2) is 89.7 Å². The van der Waals surface area contributed by atoms with Crippen molar-refractivity contribution in [2.24, 2.45) is 0 Å². The number of hydrogen-bond acceptors (Lipinski definition) is 18. The molecule has 5 atom stereocenters. The number of nitrogens with zero attached hydrogens (tertiary/aromatic N) is 4. The van der Waals surface area contributed by atoms with Crippen molar-refractivity contribution < 1.29 is 81.2 Å². The van der Waals surface area contributed by atoms with Gasteiger partial charge in [-0.3, -0.25) is 57.7 Å². The number of carbonyl (C=O) groups excluding carboxylic acids is 11. The topological polar surface area (TPSA) is 358 Å². The van der Waals surface area contributed by atoms with E-state index in [2.05, 4.69) is 31.9 Å². The summed E-state index contributed by atoms with van der Waals surface area (Å²) >= 11 is 0. The van der Waals surface area contributed by atoms with Gasteiger partial charge >= 0.3 is 18.0 Å². The van der Waals surface area contributed by atoms with Gasteiger partial charge in [0.1, 0.15) is 55.1 Å². The predicted octanol–water partition coefficient (Wildman–Crippen LogP) is 2.28. The number of benzene rings is 3. The Labute approximate surface area is 544 Å². The SMILES string of the molecule is CC[C@@]1(O)C(=O)OCc2c1cc1n(c2=O)Cc2c-1nc1cc(F)c(C)c3c1c2[C@@H](NC(=O)[C@@H](Cc1ccccc1)OCNC(=O)CNC(=O)[C@H](Cc1ccccc1)NC(=O)CNC(=O)CNC(=O)[C@H](CN(CC(=O)OC(C)(C)C)C(=O)OC(C)(C)C)N1C(=O)C=CC1=O)CC3. The lowest BCUT2D eigenvalue weighted by molar-refractivity contribution is -0.172. The molecular formula is C67H75FN10O17. The van der Waals surface area contributed by atoms with Gasteiger partial charge in [0.25, 0.3) is 17.4 Å². The van der Waals surface area contributed by atoms with Crippen molar-refractivity contribution in [3.05, 3.63) is 146 Å². The van der Waals surface area contributed by atoms with Gasteiger partial charge in [0, 0.05) is 47.6 Å². The molecule has 9 amide bonds. The average Bonchev–Trinajstić information content (AvgIpc) is 1.61. The number of pyridine rings is 2. The quantitative estimate of drug-likeness (QED) is 0.0198. The van der Waals surface area contributed by atoms with Crippen LogP contribution in [0.4, 0.5) is 9.18 Å². The molecule has 2 aromatic heterocycles. The molecule has 0 saturated heterocycles. The fourth-order valence-electron chi connectivity index (χ4n) is 11.7. The van der Waals surface area contributed by atoms with Crippen molar-refractivity contribution in [3.8, 4) is 11.4 Å². The third-order valence-electron chi connectivity index (χ3n) is 16.3. The summed E-state index contributed by atoms with van der Waals surface area (Å²) in [5.41, 5.74) is 0.0522. The molecule has 9 rings (SSSR count). The van der Waals surface area contributed by atoms with E-state index in [1.54, 1.807) is 122 Å². The zero-order valence-electron chi connectivity index (χ0n) is 53.7. The molecule has 7 N–H and O–H groups in total. The van der Waals surface area contributed by atoms with Crippen LogP contribution >= 0.6 is 0 Å². The van der Waals surface area contributed by atoms with E-state index in [-0.39, 0.29) is 49.1 Å². The van der Waals surface area contributed by atoms with Gasteiger partial charge in [-0.15, -0.1) is 0 Å². The number of aromatic nitrogens is 2. The maximum atomic E-state index is 15.7. The highest BCUT2D eigenvalue weighted by Gasteiger charge is 2.47. The molecule has 0 radical (unpaired) electrons. The van der Waals surface area contributed by atoms with Crippen molar-refractivity contribution in [3.63, 3.8) is 0 Å². The number of cyclic esters (lactones) is 1. The van der Waals surface area contributed by atoms with Crippen molar-refractivity contribution in [1.29, 1.82) is 0 Å². The summed E-state index contributed by atoms with van der Waals surface area (Å²) in [4.78, 5) is 168. The number of ether oxygens (including phenoxy) is 4. The lowest BCUT2D eigenvalue weighted by Crippen LogP contribution is -2.57. The summed E-state index contributed by atoms with van der Waals surface area (Å²) in [6.45, 7) is 8.14. The molecule has 5 aromatic rings. The van der Waals surface area contributed by atoms with Crippen LogP contribution in [-0.2, 0) is 105 Å². The van der Waals surface area contributed by atoms with Crippen molar-refractivity contribution in [1.82, 2.24) is 51.3 Å². The fraction of sp³-hybridized carbons (Fsp3) is 0.418. The Morgan fingerprint density at radius 2 is 1.38 bits per heavy atom. The summed E-state index contributed by atoms with van der Waals surface area (Å²) in [5.74, 6) is -9.17. The van der Waals surface area contributed by atoms with E-state index in [1.807, 2.05) is 0 Å². The monoisotopic (exact) mass is 1310 g/mol. The second kappa shape index (κ2) is 28.6. The summed E-state index contributed by atoms with van der Waals surface area (Å²) < 4.78 is 39.3. The largest absolute Gasteiger partial charge is 0.459 e. The fourth-order valence-corrected chi connectivity index (χ4v) is 11.7. The summed E-state index contributed by atoms with van der Waals surface area (Å²) in [5, 5.41) is 27.5. The molecule has 5 heterocycles. The minimum Gasteiger partial charge on any atom is -0.459 e. The molecule has 1 aliphatic carbocycles. The molecule has 3 aromatic carbocycles. The minimum absolute atomic E-state index is 0.00373. The molecule has 3 aliphatic heterocycles. The van der Waals surface area contributed by atoms with Crippen LogP contribution < -0.4 is 37.5 Å². The highest BCUT2D eigenvalue weighted by atomic mass is 19.1. The number of esters is 2. The van der Waals surface area contributed by atoms with Crippen LogP contribution in [0.3, 0.4) is 0 Å². The maximum Gasteiger partial charge on any atom is 0.410 e. The first-order valence-corrected chi connectivity index (χ1v) is 30.9. The summed E-state index contributed by atoms with van der Waals surface area (Å²) in [6.07, 6.45) is 0.0186. The Hall–Kier alpha value is -10.2. The second-order valence-corrected chi connectivity index (χ2v) is 25.4. The lowest BCUT2D eigenvalue weighted by Gasteiger charge is -2.32. The first kappa shape index (κ1) is 69.1. The van der Waals surface area contributed by atoms with E-state index >= 15 is 4.39 Å². The van der Waals surface area contributed by atoms with Crippen LogP contribution in [0.25, 0.3) is 22.3 Å². The second-order valence-electron chi connectivity index (χ2n) is 25.4. The van der Waals surface area contributed by atoms with E-state index in [0.717, 1.165) is 17.1 Å². The number of fused-ring (bicyclic) bond motifs is 5. The van der Waals surface area contributed by atoms with Crippen LogP contribution in [-0.4, -0.2) is 159 Å². The smallest absolute Gasteiger partial charge is 0.410 e. The Kier molecular flexibility index (Phi) is 20.8. The molecule has 0 bridgehead atoms. The number of nitrogens with one attached hydrogen (secondary N) is 6. The normalized spacial score (nSPS) is 17.1. The average molecular weight is 1310 g/mol. The number of halogens is 1. The number of imide groups is 1. The van der Waals surface area contributed by atoms with E-state index in [4.69, 9.17) is 23.9 Å². The number of rotatable bonds is 24. The highest BCUT2D eigenvalue weighted by Crippen LogP contribution is 2.46. The van der Waals surface area contributed by atoms with Gasteiger partial charge in [-0.2, -0.15) is 0 Å². The Bertz CT molecular complexity index is 4000. The van der Waals surface area contributed by atoms with E-state index in [1.165, 1.54) is 10.6 Å². The standard InChI is InChI=1S/C67H75FN10O17/c1-9-67(91)42-26-47-58-40(31-77(47)62(88)41(42)34-92-63(67)89)57-44(21-20-39-36(2)43(68)27-45(74-58)56(39)57)75-61(87)49(25-38-18-14-11-15-19-38)93-35-72-51(80)29-70-59(85)46(24-37-16-12-10-13-17-37)73-52(81)30-69-50(79)28-71-60(86)48(78-53(82)22-23-54(78)83)32-76(64(90)95-66(6,7)8)33-55(84)94-65(3,4)5/h10-19,22-23,26-27,44,46,48-49,91H,9,20-21,24-25,28-35H2,1-8H3,(H,69,79)(H,70,85)(H,71,86)(H,72,80)(H,73,81)(H,75,87)/t44-,46-,48-,49+,67-/m0/s1. The minimum atomic E-state index is -2.10. The van der Waals surface area contributed by atoms with E-state index in [9.17, 15) is 62.6 Å². The van der Waals surface area contributed by atoms with Gasteiger partial charge in [0.15, 0.2) is 5.60 Å². The van der Waals surface area contributed by atoms with E-state index < -0.39 is 157 Å². The third-order valence-corrected chi connectivity index (χ3v) is 16.3. The first-order valence-electron chi connectivity index (χ1n) is 30.9. The number of aliphatic hydroxyl groups is 1. The lowest BCUT2D eigenvalue weighted by atomic mass is 9.81. The van der Waals surface area contributed by atoms with Crippen LogP contribution in [0, 0.1) is 12.7 Å². The molecule has 28 heteroatoms. The molecule has 0 saturated carbocycles. The number of aryl methyl sites for hydroxylation is 1. The Morgan fingerprint density at radius 3 is 2.01 bits per heavy atom. The Balaban J connectivity index is 0.830. The molecule has 0 unspecified atom stereocenters. The van der Waals surface area contributed by atoms with E-state index in [0.29, 0.717) is 67.9 Å². The Morgan fingerprint density at radius 1 is 0.768 bits per heavy atom. The zero-order chi connectivity index (χ0) is 68.8. The summed E-state index contributed by atoms with van der Waals surface area (Å²) in [7, 11) is 0. The molecule has 95 heavy (non-hydrogen) atoms. The number of hydrogen-bond donors (Lipinski definition) is 7. The van der Waals surface area contributed by atoms with Gasteiger partial charge in [-0.05, 0) is 102 Å². The third kappa shape index (κ3) is 16.1. The zero-order valence-corrected chi connectivity index (χ0v) is 53.7. The highest BCUT2D eigenvalue weighted by molar-refractivity contribution is 6.15. The van der Waals surface area contributed by atoms with Gasteiger partial charge in [0.2, 0.25) is 35.4 Å². The molecule has 0 fully saturated rings. The van der Waals surface area contributed by atoms with Crippen molar-refractivity contribution in [2.45, 2.75) is 142 Å². The van der Waals surface area contributed by atoms with Crippen LogP contribution in [0.1, 0.15) is 112 Å². The van der Waals surface area contributed by atoms with Crippen molar-refractivity contribution in [2.75, 3.05) is 39.5 Å². The molecule has 502 valence electrons. The van der Waals surface area contributed by atoms with Gasteiger partial charge in [-0.1, -0.05) is 67.6 Å². The molecular weight excluding hydrogens is 1240 g/mol. The molecule has 0 spiro atoms. The van der Waals surface area contributed by atoms with Gasteiger partial charge in [-0.25, -0.2) is 19.0 Å². The number of carbonyl (C=O) groups is 11. The van der Waals surface area contributed by atoms with Gasteiger partial charge in [0.05, 0.1) is 61.2 Å². The van der Waals surface area contributed by atoms with Crippen LogP contribution in [0.5, 0.6) is 0 Å².